The number of hydrogen-bond acceptors (Lipinski definition) is 4. The van der Waals surface area contributed by atoms with Gasteiger partial charge < -0.3 is 9.05 Å². The van der Waals surface area contributed by atoms with Crippen molar-refractivity contribution in [2.75, 3.05) is 19.4 Å². The molecule has 110 valence electrons. The third-order valence-electron chi connectivity index (χ3n) is 2.79. The van der Waals surface area contributed by atoms with Crippen molar-refractivity contribution in [2.45, 2.75) is 26.8 Å². The van der Waals surface area contributed by atoms with Gasteiger partial charge in [-0.25, -0.2) is 0 Å². The second kappa shape index (κ2) is 8.08. The standard InChI is InChI=1S/C13H20N3O3P/c1-4-18-20(17,19-5-2)10-13(15-16-14)12-9-7-6-8-11(12)3/h6-9,13H,4-5,10H2,1-3H3. The lowest BCUT2D eigenvalue weighted by Gasteiger charge is -2.21. The first-order valence-electron chi connectivity index (χ1n) is 6.54. The summed E-state index contributed by atoms with van der Waals surface area (Å²) in [5, 5.41) is 3.75. The van der Waals surface area contributed by atoms with E-state index >= 15 is 0 Å². The SMILES string of the molecule is CCOP(=O)(CC(N=[N+]=[N-])c1ccccc1C)OCC. The van der Waals surface area contributed by atoms with E-state index in [2.05, 4.69) is 10.0 Å². The maximum absolute atomic E-state index is 12.6. The molecule has 0 fully saturated rings. The lowest BCUT2D eigenvalue weighted by molar-refractivity contribution is 0.218. The monoisotopic (exact) mass is 297 g/mol. The molecular formula is C13H20N3O3P. The summed E-state index contributed by atoms with van der Waals surface area (Å²) in [4.78, 5) is 2.85. The Morgan fingerprint density at radius 1 is 1.30 bits per heavy atom. The molecule has 0 saturated heterocycles. The Morgan fingerprint density at radius 3 is 2.40 bits per heavy atom. The highest BCUT2D eigenvalue weighted by Crippen LogP contribution is 2.51. The Kier molecular flexibility index (Phi) is 6.76. The number of benzene rings is 1. The van der Waals surface area contributed by atoms with E-state index in [9.17, 15) is 4.57 Å². The zero-order chi connectivity index (χ0) is 15.0. The predicted molar refractivity (Wildman–Crippen MR) is 78.8 cm³/mol. The number of nitrogens with zero attached hydrogens (tertiary/aromatic N) is 3. The molecule has 0 amide bonds. The molecule has 1 rings (SSSR count). The zero-order valence-corrected chi connectivity index (χ0v) is 12.9. The largest absolute Gasteiger partial charge is 0.331 e. The predicted octanol–water partition coefficient (Wildman–Crippen LogP) is 4.61. The minimum absolute atomic E-state index is 0.0452. The van der Waals surface area contributed by atoms with Gasteiger partial charge in [0.05, 0.1) is 25.4 Å². The van der Waals surface area contributed by atoms with Crippen LogP contribution in [0.15, 0.2) is 29.4 Å². The van der Waals surface area contributed by atoms with Gasteiger partial charge in [-0.3, -0.25) is 4.57 Å². The summed E-state index contributed by atoms with van der Waals surface area (Å²) in [7, 11) is -3.26. The lowest BCUT2D eigenvalue weighted by atomic mass is 10.0. The summed E-state index contributed by atoms with van der Waals surface area (Å²) in [5.74, 6) is 0. The lowest BCUT2D eigenvalue weighted by Crippen LogP contribution is -2.08. The van der Waals surface area contributed by atoms with Crippen molar-refractivity contribution in [1.82, 2.24) is 0 Å². The number of hydrogen-bond donors (Lipinski definition) is 0. The van der Waals surface area contributed by atoms with Crippen LogP contribution in [0.25, 0.3) is 10.4 Å². The van der Waals surface area contributed by atoms with Gasteiger partial charge in [0.1, 0.15) is 0 Å². The summed E-state index contributed by atoms with van der Waals surface area (Å²) in [6.07, 6.45) is 0.0452. The molecule has 0 bridgehead atoms. The van der Waals surface area contributed by atoms with E-state index in [1.807, 2.05) is 31.2 Å². The van der Waals surface area contributed by atoms with Crippen molar-refractivity contribution in [2.24, 2.45) is 5.11 Å². The molecule has 0 spiro atoms. The fourth-order valence-electron chi connectivity index (χ4n) is 1.97. The third kappa shape index (κ3) is 4.66. The van der Waals surface area contributed by atoms with Crippen LogP contribution in [-0.2, 0) is 13.6 Å². The highest BCUT2D eigenvalue weighted by atomic mass is 31.2. The average Bonchev–Trinajstić information content (AvgIpc) is 2.39. The molecule has 20 heavy (non-hydrogen) atoms. The van der Waals surface area contributed by atoms with Crippen LogP contribution >= 0.6 is 7.60 Å². The quantitative estimate of drug-likeness (QED) is 0.304. The second-order valence-corrected chi connectivity index (χ2v) is 6.31. The van der Waals surface area contributed by atoms with Crippen LogP contribution in [0.3, 0.4) is 0 Å². The van der Waals surface area contributed by atoms with E-state index in [1.54, 1.807) is 13.8 Å². The summed E-state index contributed by atoms with van der Waals surface area (Å²) in [5.41, 5.74) is 10.5. The molecule has 1 unspecified atom stereocenters. The van der Waals surface area contributed by atoms with Gasteiger partial charge in [0.2, 0.25) is 0 Å². The van der Waals surface area contributed by atoms with Crippen LogP contribution in [0.1, 0.15) is 31.0 Å². The summed E-state index contributed by atoms with van der Waals surface area (Å²) in [6.45, 7) is 5.99. The highest BCUT2D eigenvalue weighted by Gasteiger charge is 2.29. The smallest absolute Gasteiger partial charge is 0.309 e. The van der Waals surface area contributed by atoms with Crippen molar-refractivity contribution in [3.8, 4) is 0 Å². The van der Waals surface area contributed by atoms with Crippen LogP contribution in [0, 0.1) is 6.92 Å². The summed E-state index contributed by atoms with van der Waals surface area (Å²) >= 11 is 0. The van der Waals surface area contributed by atoms with E-state index in [0.717, 1.165) is 11.1 Å². The second-order valence-electron chi connectivity index (χ2n) is 4.21. The van der Waals surface area contributed by atoms with Gasteiger partial charge in [-0.1, -0.05) is 29.4 Å². The Balaban J connectivity index is 3.06. The van der Waals surface area contributed by atoms with E-state index < -0.39 is 13.6 Å². The molecule has 0 aromatic heterocycles. The molecule has 7 heteroatoms. The van der Waals surface area contributed by atoms with Crippen LogP contribution in [0.5, 0.6) is 0 Å². The van der Waals surface area contributed by atoms with E-state index in [0.29, 0.717) is 0 Å². The summed E-state index contributed by atoms with van der Waals surface area (Å²) in [6, 6.07) is 6.97. The highest BCUT2D eigenvalue weighted by molar-refractivity contribution is 7.53. The Morgan fingerprint density at radius 2 is 1.90 bits per heavy atom. The number of aryl methyl sites for hydroxylation is 1. The minimum atomic E-state index is -3.26. The fourth-order valence-corrected chi connectivity index (χ4v) is 3.73. The molecule has 0 radical (unpaired) electrons. The van der Waals surface area contributed by atoms with Crippen LogP contribution in [0.4, 0.5) is 0 Å². The van der Waals surface area contributed by atoms with Crippen LogP contribution in [0.2, 0.25) is 0 Å². The van der Waals surface area contributed by atoms with Crippen LogP contribution in [-0.4, -0.2) is 19.4 Å². The average molecular weight is 297 g/mol. The van der Waals surface area contributed by atoms with Gasteiger partial charge in [0, 0.05) is 4.91 Å². The van der Waals surface area contributed by atoms with Crippen molar-refractivity contribution < 1.29 is 13.6 Å². The van der Waals surface area contributed by atoms with Crippen molar-refractivity contribution in [1.29, 1.82) is 0 Å². The van der Waals surface area contributed by atoms with Gasteiger partial charge >= 0.3 is 7.60 Å². The van der Waals surface area contributed by atoms with E-state index in [1.165, 1.54) is 0 Å². The minimum Gasteiger partial charge on any atom is -0.309 e. The maximum atomic E-state index is 12.6. The summed E-state index contributed by atoms with van der Waals surface area (Å²) < 4.78 is 23.1. The molecule has 1 atom stereocenters. The number of rotatable bonds is 8. The molecule has 0 aliphatic heterocycles. The Bertz CT molecular complexity index is 519. The Hall–Kier alpha value is -1.32. The van der Waals surface area contributed by atoms with Gasteiger partial charge in [-0.05, 0) is 37.4 Å². The molecule has 1 aromatic rings. The van der Waals surface area contributed by atoms with Crippen LogP contribution < -0.4 is 0 Å². The topological polar surface area (TPSA) is 84.3 Å². The molecule has 6 nitrogen and oxygen atoms in total. The first-order valence-corrected chi connectivity index (χ1v) is 8.27. The maximum Gasteiger partial charge on any atom is 0.331 e. The molecular weight excluding hydrogens is 277 g/mol. The molecule has 0 N–H and O–H groups in total. The third-order valence-corrected chi connectivity index (χ3v) is 4.88. The zero-order valence-electron chi connectivity index (χ0n) is 12.0. The van der Waals surface area contributed by atoms with Crippen molar-refractivity contribution in [3.63, 3.8) is 0 Å². The Labute approximate surface area is 119 Å². The van der Waals surface area contributed by atoms with Crippen molar-refractivity contribution in [3.05, 3.63) is 45.8 Å². The van der Waals surface area contributed by atoms with Gasteiger partial charge in [0.15, 0.2) is 0 Å². The van der Waals surface area contributed by atoms with Crippen molar-refractivity contribution >= 4 is 7.60 Å². The molecule has 0 aliphatic rings. The first kappa shape index (κ1) is 16.7. The van der Waals surface area contributed by atoms with Gasteiger partial charge in [0.25, 0.3) is 0 Å². The molecule has 0 saturated carbocycles. The van der Waals surface area contributed by atoms with E-state index in [4.69, 9.17) is 14.6 Å². The fraction of sp³-hybridized carbons (Fsp3) is 0.538. The van der Waals surface area contributed by atoms with Gasteiger partial charge in [-0.15, -0.1) is 0 Å². The van der Waals surface area contributed by atoms with E-state index in [-0.39, 0.29) is 19.4 Å². The number of azide groups is 1. The molecule has 0 heterocycles. The van der Waals surface area contributed by atoms with Gasteiger partial charge in [-0.2, -0.15) is 0 Å². The molecule has 0 aliphatic carbocycles. The normalized spacial score (nSPS) is 12.8. The first-order chi connectivity index (χ1) is 9.56. The molecule has 1 aromatic carbocycles.